The number of aromatic nitrogens is 2. The third kappa shape index (κ3) is 3.50. The highest BCUT2D eigenvalue weighted by Gasteiger charge is 2.25. The van der Waals surface area contributed by atoms with Crippen LogP contribution in [0.1, 0.15) is 43.5 Å². The Morgan fingerprint density at radius 2 is 2.10 bits per heavy atom. The van der Waals surface area contributed by atoms with E-state index in [1.165, 1.54) is 24.6 Å². The molecule has 112 valence electrons. The van der Waals surface area contributed by atoms with Crippen LogP contribution in [0.25, 0.3) is 0 Å². The molecular formula is C17H22FN3. The van der Waals surface area contributed by atoms with E-state index in [0.29, 0.717) is 12.6 Å². The number of benzene rings is 1. The molecule has 1 heterocycles. The molecule has 3 rings (SSSR count). The topological polar surface area (TPSA) is 21.1 Å². The maximum Gasteiger partial charge on any atom is 0.127 e. The summed E-state index contributed by atoms with van der Waals surface area (Å²) in [6.07, 6.45) is 7.45. The fraction of sp³-hybridized carbons (Fsp3) is 0.471. The van der Waals surface area contributed by atoms with Gasteiger partial charge in [-0.3, -0.25) is 4.90 Å². The largest absolute Gasteiger partial charge is 0.330 e. The number of hydrogen-bond donors (Lipinski definition) is 0. The molecular weight excluding hydrogens is 265 g/mol. The second kappa shape index (κ2) is 6.39. The number of hydrogen-bond acceptors (Lipinski definition) is 2. The van der Waals surface area contributed by atoms with Gasteiger partial charge in [0.15, 0.2) is 0 Å². The Bertz CT molecular complexity index is 589. The summed E-state index contributed by atoms with van der Waals surface area (Å²) in [6, 6.07) is 7.69. The van der Waals surface area contributed by atoms with Crippen LogP contribution < -0.4 is 0 Å². The van der Waals surface area contributed by atoms with Gasteiger partial charge in [-0.1, -0.05) is 25.1 Å². The van der Waals surface area contributed by atoms with Crippen LogP contribution in [-0.4, -0.2) is 21.0 Å². The van der Waals surface area contributed by atoms with Gasteiger partial charge in [-0.25, -0.2) is 9.37 Å². The molecule has 0 bridgehead atoms. The molecule has 1 saturated carbocycles. The van der Waals surface area contributed by atoms with Crippen molar-refractivity contribution >= 4 is 0 Å². The quantitative estimate of drug-likeness (QED) is 0.773. The highest BCUT2D eigenvalue weighted by atomic mass is 19.1. The van der Waals surface area contributed by atoms with Crippen molar-refractivity contribution < 1.29 is 4.39 Å². The van der Waals surface area contributed by atoms with Crippen molar-refractivity contribution in [1.82, 2.24) is 14.5 Å². The highest BCUT2D eigenvalue weighted by molar-refractivity contribution is 5.17. The lowest BCUT2D eigenvalue weighted by Gasteiger charge is -2.22. The van der Waals surface area contributed by atoms with Crippen LogP contribution in [0.4, 0.5) is 4.39 Å². The minimum atomic E-state index is -0.116. The monoisotopic (exact) mass is 287 g/mol. The molecule has 1 aromatic heterocycles. The molecule has 4 heteroatoms. The number of nitrogens with zero attached hydrogens (tertiary/aromatic N) is 3. The molecule has 1 aromatic carbocycles. The van der Waals surface area contributed by atoms with Gasteiger partial charge in [0.05, 0.1) is 12.0 Å². The van der Waals surface area contributed by atoms with Gasteiger partial charge < -0.3 is 4.57 Å². The Morgan fingerprint density at radius 1 is 1.29 bits per heavy atom. The summed E-state index contributed by atoms with van der Waals surface area (Å²) in [5.74, 6) is -0.116. The molecule has 3 nitrogen and oxygen atoms in total. The summed E-state index contributed by atoms with van der Waals surface area (Å²) in [7, 11) is 0. The molecule has 0 radical (unpaired) electrons. The molecule has 0 N–H and O–H groups in total. The van der Waals surface area contributed by atoms with E-state index in [-0.39, 0.29) is 5.82 Å². The van der Waals surface area contributed by atoms with Crippen LogP contribution in [0, 0.1) is 5.82 Å². The summed E-state index contributed by atoms with van der Waals surface area (Å²) < 4.78 is 16.1. The van der Waals surface area contributed by atoms with Crippen molar-refractivity contribution in [2.45, 2.75) is 45.3 Å². The first kappa shape index (κ1) is 14.3. The first-order chi connectivity index (χ1) is 10.3. The Balaban J connectivity index is 1.72. The standard InChI is InChI=1S/C17H22FN3/c1-2-9-20(11-14-5-3-4-6-17(14)18)12-16-10-19-13-21(16)15-7-8-15/h3-6,10,13,15H,2,7-9,11-12H2,1H3. The zero-order valence-electron chi connectivity index (χ0n) is 12.5. The van der Waals surface area contributed by atoms with Crippen molar-refractivity contribution in [2.24, 2.45) is 0 Å². The minimum absolute atomic E-state index is 0.116. The fourth-order valence-electron chi connectivity index (χ4n) is 2.76. The van der Waals surface area contributed by atoms with Crippen LogP contribution in [0.3, 0.4) is 0 Å². The summed E-state index contributed by atoms with van der Waals surface area (Å²) in [6.45, 7) is 4.60. The molecule has 1 aliphatic rings. The van der Waals surface area contributed by atoms with Gasteiger partial charge >= 0.3 is 0 Å². The first-order valence-electron chi connectivity index (χ1n) is 7.74. The Morgan fingerprint density at radius 3 is 2.81 bits per heavy atom. The smallest absolute Gasteiger partial charge is 0.127 e. The van der Waals surface area contributed by atoms with Crippen molar-refractivity contribution in [2.75, 3.05) is 6.54 Å². The van der Waals surface area contributed by atoms with E-state index >= 15 is 0 Å². The third-order valence-electron chi connectivity index (χ3n) is 3.96. The maximum atomic E-state index is 13.8. The fourth-order valence-corrected chi connectivity index (χ4v) is 2.76. The minimum Gasteiger partial charge on any atom is -0.330 e. The average molecular weight is 287 g/mol. The maximum absolute atomic E-state index is 13.8. The second-order valence-corrected chi connectivity index (χ2v) is 5.83. The van der Waals surface area contributed by atoms with Crippen molar-refractivity contribution in [3.05, 3.63) is 53.9 Å². The van der Waals surface area contributed by atoms with E-state index in [2.05, 4.69) is 21.4 Å². The summed E-state index contributed by atoms with van der Waals surface area (Å²) in [5, 5.41) is 0. The summed E-state index contributed by atoms with van der Waals surface area (Å²) in [5.41, 5.74) is 2.01. The molecule has 21 heavy (non-hydrogen) atoms. The van der Waals surface area contributed by atoms with Crippen molar-refractivity contribution in [1.29, 1.82) is 0 Å². The van der Waals surface area contributed by atoms with E-state index in [1.807, 2.05) is 24.7 Å². The average Bonchev–Trinajstić information content (AvgIpc) is 3.22. The molecule has 0 aliphatic heterocycles. The molecule has 0 amide bonds. The Labute approximate surface area is 125 Å². The SMILES string of the molecule is CCCN(Cc1ccccc1F)Cc1cncn1C1CC1. The highest BCUT2D eigenvalue weighted by Crippen LogP contribution is 2.35. The van der Waals surface area contributed by atoms with Gasteiger partial charge in [0.25, 0.3) is 0 Å². The lowest BCUT2D eigenvalue weighted by molar-refractivity contribution is 0.247. The molecule has 1 aliphatic carbocycles. The van der Waals surface area contributed by atoms with E-state index in [0.717, 1.165) is 25.1 Å². The van der Waals surface area contributed by atoms with Crippen molar-refractivity contribution in [3.8, 4) is 0 Å². The number of rotatable bonds is 7. The van der Waals surface area contributed by atoms with Gasteiger partial charge in [0, 0.05) is 30.9 Å². The predicted molar refractivity (Wildman–Crippen MR) is 81.3 cm³/mol. The lowest BCUT2D eigenvalue weighted by atomic mass is 10.2. The summed E-state index contributed by atoms with van der Waals surface area (Å²) >= 11 is 0. The van der Waals surface area contributed by atoms with Crippen molar-refractivity contribution in [3.63, 3.8) is 0 Å². The van der Waals surface area contributed by atoms with Crippen LogP contribution in [0.2, 0.25) is 0 Å². The van der Waals surface area contributed by atoms with E-state index in [9.17, 15) is 4.39 Å². The van der Waals surface area contributed by atoms with Crippen LogP contribution in [0.5, 0.6) is 0 Å². The number of imidazole rings is 1. The van der Waals surface area contributed by atoms with Crippen LogP contribution in [0.15, 0.2) is 36.8 Å². The summed E-state index contributed by atoms with van der Waals surface area (Å²) in [4.78, 5) is 6.58. The second-order valence-electron chi connectivity index (χ2n) is 5.83. The molecule has 0 unspecified atom stereocenters. The Hall–Kier alpha value is -1.68. The molecule has 0 spiro atoms. The van der Waals surface area contributed by atoms with Crippen LogP contribution in [-0.2, 0) is 13.1 Å². The van der Waals surface area contributed by atoms with Gasteiger partial charge in [-0.2, -0.15) is 0 Å². The van der Waals surface area contributed by atoms with Gasteiger partial charge in [-0.15, -0.1) is 0 Å². The van der Waals surface area contributed by atoms with Gasteiger partial charge in [0.1, 0.15) is 5.82 Å². The van der Waals surface area contributed by atoms with Gasteiger partial charge in [-0.05, 0) is 31.9 Å². The van der Waals surface area contributed by atoms with Crippen LogP contribution >= 0.6 is 0 Å². The zero-order chi connectivity index (χ0) is 14.7. The molecule has 0 saturated heterocycles. The first-order valence-corrected chi connectivity index (χ1v) is 7.74. The lowest BCUT2D eigenvalue weighted by Crippen LogP contribution is -2.25. The Kier molecular flexibility index (Phi) is 4.34. The molecule has 0 atom stereocenters. The molecule has 2 aromatic rings. The van der Waals surface area contributed by atoms with E-state index in [4.69, 9.17) is 0 Å². The molecule has 1 fully saturated rings. The van der Waals surface area contributed by atoms with E-state index < -0.39 is 0 Å². The predicted octanol–water partition coefficient (Wildman–Crippen LogP) is 3.77. The normalized spacial score (nSPS) is 14.8. The van der Waals surface area contributed by atoms with Gasteiger partial charge in [0.2, 0.25) is 0 Å². The number of halogens is 1. The van der Waals surface area contributed by atoms with E-state index in [1.54, 1.807) is 6.07 Å². The zero-order valence-corrected chi connectivity index (χ0v) is 12.5. The third-order valence-corrected chi connectivity index (χ3v) is 3.96.